The van der Waals surface area contributed by atoms with Gasteiger partial charge in [0.05, 0.1) is 12.2 Å². The summed E-state index contributed by atoms with van der Waals surface area (Å²) in [6.45, 7) is 29.5. The fourth-order valence-electron chi connectivity index (χ4n) is 12.9. The maximum atomic E-state index is 11.1. The summed E-state index contributed by atoms with van der Waals surface area (Å²) in [5.41, 5.74) is 24.4. The number of phenols is 2. The average Bonchev–Trinajstić information content (AvgIpc) is 3.56. The van der Waals surface area contributed by atoms with Crippen molar-refractivity contribution in [3.8, 4) is 45.3 Å². The topological polar surface area (TPSA) is 77.4 Å². The van der Waals surface area contributed by atoms with Crippen LogP contribution in [-0.4, -0.2) is 35.0 Å². The zero-order valence-electron chi connectivity index (χ0n) is 49.3. The SMILES string of the molecule is Cc1cc(C(c2ccc(-c3cccc(-c4ccc(C(c5cc(C)c(O)c(C)c5C)c5cc(C)c(OC(C)OC6CCCCC6)c(C)c5C)cc4)c3)cc2)c2cc(C)c(OC(C)OC3CCCCC3)c(C)c2C)c(C)c(C)c1O. The van der Waals surface area contributed by atoms with Crippen molar-refractivity contribution in [3.63, 3.8) is 0 Å². The second kappa shape index (κ2) is 23.9. The Morgan fingerprint density at radius 2 is 0.679 bits per heavy atom. The van der Waals surface area contributed by atoms with E-state index >= 15 is 0 Å². The zero-order chi connectivity index (χ0) is 55.7. The van der Waals surface area contributed by atoms with Crippen molar-refractivity contribution in [1.82, 2.24) is 0 Å². The lowest BCUT2D eigenvalue weighted by molar-refractivity contribution is -0.117. The molecule has 2 aliphatic rings. The molecule has 78 heavy (non-hydrogen) atoms. The zero-order valence-corrected chi connectivity index (χ0v) is 49.3. The van der Waals surface area contributed by atoms with Crippen molar-refractivity contribution in [3.05, 3.63) is 197 Å². The summed E-state index contributed by atoms with van der Waals surface area (Å²) >= 11 is 0. The number of phenolic OH excluding ortho intramolecular Hbond substituents is 2. The summed E-state index contributed by atoms with van der Waals surface area (Å²) in [7, 11) is 0. The van der Waals surface area contributed by atoms with Crippen LogP contribution in [-0.2, 0) is 9.47 Å². The van der Waals surface area contributed by atoms with Crippen LogP contribution in [0.5, 0.6) is 23.0 Å². The van der Waals surface area contributed by atoms with Crippen LogP contribution in [0.2, 0.25) is 0 Å². The van der Waals surface area contributed by atoms with E-state index in [0.29, 0.717) is 11.5 Å². The fourth-order valence-corrected chi connectivity index (χ4v) is 12.9. The lowest BCUT2D eigenvalue weighted by Gasteiger charge is -2.29. The van der Waals surface area contributed by atoms with Gasteiger partial charge in [0.1, 0.15) is 23.0 Å². The van der Waals surface area contributed by atoms with Gasteiger partial charge in [-0.2, -0.15) is 0 Å². The van der Waals surface area contributed by atoms with Gasteiger partial charge in [-0.3, -0.25) is 0 Å². The molecule has 0 radical (unpaired) electrons. The number of aryl methyl sites for hydroxylation is 4. The average molecular weight is 1050 g/mol. The highest BCUT2D eigenvalue weighted by atomic mass is 16.7. The lowest BCUT2D eigenvalue weighted by Crippen LogP contribution is -2.26. The molecule has 9 rings (SSSR count). The molecule has 0 heterocycles. The molecule has 2 N–H and O–H groups in total. The summed E-state index contributed by atoms with van der Waals surface area (Å²) in [5.74, 6) is 2.36. The van der Waals surface area contributed by atoms with Gasteiger partial charge in [0.25, 0.3) is 0 Å². The minimum atomic E-state index is -0.336. The molecule has 7 aromatic rings. The molecule has 410 valence electrons. The molecule has 2 aliphatic carbocycles. The molecule has 0 aromatic heterocycles. The molecule has 4 atom stereocenters. The van der Waals surface area contributed by atoms with E-state index in [1.54, 1.807) is 0 Å². The van der Waals surface area contributed by atoms with E-state index in [-0.39, 0.29) is 36.6 Å². The number of rotatable bonds is 16. The van der Waals surface area contributed by atoms with E-state index in [9.17, 15) is 10.2 Å². The molecule has 0 aliphatic heterocycles. The van der Waals surface area contributed by atoms with Crippen LogP contribution in [0.25, 0.3) is 22.3 Å². The molecule has 0 saturated heterocycles. The molecule has 7 aromatic carbocycles. The third-order valence-electron chi connectivity index (χ3n) is 18.0. The summed E-state index contributed by atoms with van der Waals surface area (Å²) in [5, 5.41) is 22.2. The van der Waals surface area contributed by atoms with Crippen LogP contribution >= 0.6 is 0 Å². The third kappa shape index (κ3) is 11.7. The largest absolute Gasteiger partial charge is 0.507 e. The quantitative estimate of drug-likeness (QED) is 0.0742. The number of ether oxygens (including phenoxy) is 4. The van der Waals surface area contributed by atoms with Crippen molar-refractivity contribution in [2.75, 3.05) is 0 Å². The van der Waals surface area contributed by atoms with E-state index in [1.165, 1.54) is 83.0 Å². The van der Waals surface area contributed by atoms with Crippen LogP contribution in [0.15, 0.2) is 97.1 Å². The number of hydrogen-bond donors (Lipinski definition) is 2. The Morgan fingerprint density at radius 3 is 1.03 bits per heavy atom. The van der Waals surface area contributed by atoms with E-state index in [0.717, 1.165) is 115 Å². The molecule has 6 nitrogen and oxygen atoms in total. The highest BCUT2D eigenvalue weighted by molar-refractivity contribution is 5.74. The minimum absolute atomic E-state index is 0.0802. The Bertz CT molecular complexity index is 3060. The molecule has 0 spiro atoms. The summed E-state index contributed by atoms with van der Waals surface area (Å²) in [4.78, 5) is 0. The summed E-state index contributed by atoms with van der Waals surface area (Å²) < 4.78 is 26.1. The molecule has 4 unspecified atom stereocenters. The Morgan fingerprint density at radius 1 is 0.359 bits per heavy atom. The van der Waals surface area contributed by atoms with Gasteiger partial charge in [-0.1, -0.05) is 130 Å². The molecule has 0 amide bonds. The van der Waals surface area contributed by atoms with Crippen LogP contribution in [0.1, 0.15) is 190 Å². The standard InChI is InChI=1S/C72H86O6/c1-41-36-63(45(5)49(9)69(41)73)67(65-38-43(3)71(51(11)47(65)7)77-53(13)75-61-24-17-15-18-25-61)57-32-28-55(29-33-57)59-22-21-23-60(40-59)56-30-34-58(35-31-56)68(64-37-42(2)70(74)50(10)46(64)6)66-39-44(4)72(52(12)48(66)8)78-54(14)76-62-26-19-16-20-27-62/h21-23,28-40,53-54,61-62,67-68,73-74H,15-20,24-27H2,1-14H3. The van der Waals surface area contributed by atoms with Crippen molar-refractivity contribution in [2.24, 2.45) is 0 Å². The second-order valence-corrected chi connectivity index (χ2v) is 23.3. The first kappa shape index (κ1) is 56.4. The van der Waals surface area contributed by atoms with Crippen LogP contribution < -0.4 is 9.47 Å². The van der Waals surface area contributed by atoms with Crippen LogP contribution in [0.3, 0.4) is 0 Å². The highest BCUT2D eigenvalue weighted by Gasteiger charge is 2.29. The van der Waals surface area contributed by atoms with E-state index in [1.807, 2.05) is 41.5 Å². The predicted octanol–water partition coefficient (Wildman–Crippen LogP) is 18.6. The van der Waals surface area contributed by atoms with Gasteiger partial charge >= 0.3 is 0 Å². The van der Waals surface area contributed by atoms with E-state index in [2.05, 4.69) is 152 Å². The number of benzene rings is 7. The predicted molar refractivity (Wildman–Crippen MR) is 321 cm³/mol. The molecule has 2 fully saturated rings. The first-order chi connectivity index (χ1) is 37.3. The van der Waals surface area contributed by atoms with Gasteiger partial charge < -0.3 is 29.2 Å². The number of aromatic hydroxyl groups is 2. The maximum Gasteiger partial charge on any atom is 0.197 e. The van der Waals surface area contributed by atoms with E-state index < -0.39 is 0 Å². The molecule has 2 saturated carbocycles. The van der Waals surface area contributed by atoms with E-state index in [4.69, 9.17) is 18.9 Å². The number of hydrogen-bond acceptors (Lipinski definition) is 6. The third-order valence-corrected chi connectivity index (χ3v) is 18.0. The smallest absolute Gasteiger partial charge is 0.197 e. The molecular formula is C72H86O6. The first-order valence-electron chi connectivity index (χ1n) is 29.1. The Hall–Kier alpha value is -6.34. The van der Waals surface area contributed by atoms with Gasteiger partial charge in [-0.15, -0.1) is 0 Å². The Balaban J connectivity index is 1.03. The summed E-state index contributed by atoms with van der Waals surface area (Å²) in [6.07, 6.45) is 11.7. The van der Waals surface area contributed by atoms with Gasteiger partial charge in [-0.05, 0) is 251 Å². The van der Waals surface area contributed by atoms with Gasteiger partial charge in [-0.25, -0.2) is 0 Å². The van der Waals surface area contributed by atoms with Crippen molar-refractivity contribution in [2.45, 2.75) is 198 Å². The molecular weight excluding hydrogens is 961 g/mol. The highest BCUT2D eigenvalue weighted by Crippen LogP contribution is 2.46. The van der Waals surface area contributed by atoms with Gasteiger partial charge in [0.2, 0.25) is 0 Å². The maximum absolute atomic E-state index is 11.1. The minimum Gasteiger partial charge on any atom is -0.507 e. The first-order valence-corrected chi connectivity index (χ1v) is 29.1. The Kier molecular flexibility index (Phi) is 17.3. The fraction of sp³-hybridized carbons (Fsp3) is 0.417. The lowest BCUT2D eigenvalue weighted by atomic mass is 9.78. The Labute approximate surface area is 467 Å². The monoisotopic (exact) mass is 1050 g/mol. The van der Waals surface area contributed by atoms with Crippen LogP contribution in [0.4, 0.5) is 0 Å². The summed E-state index contributed by atoms with van der Waals surface area (Å²) in [6, 6.07) is 36.1. The van der Waals surface area contributed by atoms with Crippen molar-refractivity contribution >= 4 is 0 Å². The van der Waals surface area contributed by atoms with Crippen molar-refractivity contribution in [1.29, 1.82) is 0 Å². The van der Waals surface area contributed by atoms with Crippen molar-refractivity contribution < 1.29 is 29.2 Å². The van der Waals surface area contributed by atoms with Gasteiger partial charge in [0.15, 0.2) is 12.6 Å². The molecule has 0 bridgehead atoms. The molecule has 6 heteroatoms. The van der Waals surface area contributed by atoms with Gasteiger partial charge in [0, 0.05) is 11.8 Å². The van der Waals surface area contributed by atoms with Crippen LogP contribution in [0, 0.1) is 83.1 Å². The normalized spacial score (nSPS) is 16.0. The second-order valence-electron chi connectivity index (χ2n) is 23.3.